The maximum absolute atomic E-state index is 13.1. The van der Waals surface area contributed by atoms with Crippen LogP contribution < -0.4 is 10.4 Å². The molecule has 0 saturated carbocycles. The molecule has 0 aliphatic carbocycles. The molecule has 5 rings (SSSR count). The van der Waals surface area contributed by atoms with E-state index in [1.165, 1.54) is 23.5 Å². The van der Waals surface area contributed by atoms with Gasteiger partial charge in [-0.25, -0.2) is 4.39 Å². The molecular formula is C21H20FN5O4S. The fraction of sp³-hybridized carbons (Fsp3) is 0.333. The van der Waals surface area contributed by atoms with Gasteiger partial charge in [-0.1, -0.05) is 23.5 Å². The average Bonchev–Trinajstić information content (AvgIpc) is 3.26. The van der Waals surface area contributed by atoms with Crippen molar-refractivity contribution >= 4 is 17.2 Å². The predicted octanol–water partition coefficient (Wildman–Crippen LogP) is 1.57. The number of rotatable bonds is 4. The molecule has 166 valence electrons. The van der Waals surface area contributed by atoms with Crippen molar-refractivity contribution in [3.05, 3.63) is 62.8 Å². The van der Waals surface area contributed by atoms with Crippen LogP contribution in [0, 0.1) is 5.82 Å². The number of nitrogens with zero attached hydrogens (tertiary/aromatic N) is 5. The van der Waals surface area contributed by atoms with Crippen LogP contribution in [-0.2, 0) is 11.2 Å². The SMILES string of the molecule is CCN1C(=O)c2c(O)c(=O)c(-c3nnc(Cc4ccc(F)cc4)s3)cn2N2CCOC[C@H]12. The Labute approximate surface area is 186 Å². The van der Waals surface area contributed by atoms with Gasteiger partial charge in [-0.15, -0.1) is 10.2 Å². The van der Waals surface area contributed by atoms with Crippen molar-refractivity contribution in [2.24, 2.45) is 0 Å². The van der Waals surface area contributed by atoms with Crippen molar-refractivity contribution in [2.75, 3.05) is 31.3 Å². The summed E-state index contributed by atoms with van der Waals surface area (Å²) in [7, 11) is 0. The van der Waals surface area contributed by atoms with Gasteiger partial charge in [-0.3, -0.25) is 19.3 Å². The molecule has 9 nitrogen and oxygen atoms in total. The molecule has 32 heavy (non-hydrogen) atoms. The third kappa shape index (κ3) is 3.33. The van der Waals surface area contributed by atoms with E-state index in [2.05, 4.69) is 10.2 Å². The number of morpholine rings is 1. The van der Waals surface area contributed by atoms with Crippen LogP contribution >= 0.6 is 11.3 Å². The van der Waals surface area contributed by atoms with E-state index in [4.69, 9.17) is 4.74 Å². The van der Waals surface area contributed by atoms with Crippen molar-refractivity contribution in [3.8, 4) is 16.3 Å². The van der Waals surface area contributed by atoms with Crippen LogP contribution in [0.25, 0.3) is 10.6 Å². The van der Waals surface area contributed by atoms with Gasteiger partial charge >= 0.3 is 0 Å². The molecule has 2 aromatic heterocycles. The standard InChI is InChI=1S/C21H20FN5O4S/c1-2-25-16-11-31-8-7-26(16)27-10-14(18(28)19(29)17(27)21(25)30)20-24-23-15(32-20)9-12-3-5-13(22)6-4-12/h3-6,10,16,29H,2,7-9,11H2,1H3/t16-/m1/s1. The van der Waals surface area contributed by atoms with Gasteiger partial charge in [0.25, 0.3) is 5.91 Å². The number of benzene rings is 1. The van der Waals surface area contributed by atoms with Crippen LogP contribution in [0.5, 0.6) is 5.75 Å². The summed E-state index contributed by atoms with van der Waals surface area (Å²) in [5.74, 6) is -1.34. The van der Waals surface area contributed by atoms with Crippen LogP contribution in [-0.4, -0.2) is 63.3 Å². The summed E-state index contributed by atoms with van der Waals surface area (Å²) in [5, 5.41) is 21.9. The van der Waals surface area contributed by atoms with Gasteiger partial charge in [0, 0.05) is 19.2 Å². The van der Waals surface area contributed by atoms with Gasteiger partial charge in [0.2, 0.25) is 5.43 Å². The summed E-state index contributed by atoms with van der Waals surface area (Å²) < 4.78 is 20.2. The number of aromatic hydroxyl groups is 1. The van der Waals surface area contributed by atoms with E-state index in [0.717, 1.165) is 5.56 Å². The number of likely N-dealkylation sites (N-methyl/N-ethyl adjacent to an activating group) is 1. The second-order valence-electron chi connectivity index (χ2n) is 7.53. The lowest BCUT2D eigenvalue weighted by atomic mass is 10.1. The van der Waals surface area contributed by atoms with Crippen LogP contribution in [0.1, 0.15) is 28.0 Å². The molecule has 1 fully saturated rings. The summed E-state index contributed by atoms with van der Waals surface area (Å²) in [4.78, 5) is 27.6. The summed E-state index contributed by atoms with van der Waals surface area (Å²) in [6.45, 7) is 3.55. The summed E-state index contributed by atoms with van der Waals surface area (Å²) in [5.41, 5.74) is 0.296. The summed E-state index contributed by atoms with van der Waals surface area (Å²) in [6.07, 6.45) is 1.65. The number of ether oxygens (including phenoxy) is 1. The number of aromatic nitrogens is 3. The van der Waals surface area contributed by atoms with Gasteiger partial charge in [0.1, 0.15) is 17.0 Å². The molecule has 1 amide bonds. The first-order valence-corrected chi connectivity index (χ1v) is 11.0. The smallest absolute Gasteiger partial charge is 0.278 e. The molecule has 0 bridgehead atoms. The van der Waals surface area contributed by atoms with Crippen LogP contribution in [0.2, 0.25) is 0 Å². The molecule has 1 atom stereocenters. The van der Waals surface area contributed by atoms with Gasteiger partial charge < -0.3 is 14.7 Å². The minimum atomic E-state index is -0.670. The van der Waals surface area contributed by atoms with E-state index >= 15 is 0 Å². The number of hydrogen-bond donors (Lipinski definition) is 1. The molecule has 0 radical (unpaired) electrons. The number of pyridine rings is 1. The highest BCUT2D eigenvalue weighted by atomic mass is 32.1. The molecule has 2 aliphatic rings. The molecule has 1 N–H and O–H groups in total. The average molecular weight is 457 g/mol. The lowest BCUT2D eigenvalue weighted by Crippen LogP contribution is -2.65. The van der Waals surface area contributed by atoms with E-state index in [-0.39, 0.29) is 23.2 Å². The van der Waals surface area contributed by atoms with E-state index in [0.29, 0.717) is 42.7 Å². The molecule has 1 aromatic carbocycles. The van der Waals surface area contributed by atoms with E-state index in [1.807, 2.05) is 11.9 Å². The zero-order valence-electron chi connectivity index (χ0n) is 17.2. The highest BCUT2D eigenvalue weighted by molar-refractivity contribution is 7.14. The molecular weight excluding hydrogens is 437 g/mol. The number of carbonyl (C=O) groups excluding carboxylic acids is 1. The molecule has 0 unspecified atom stereocenters. The Morgan fingerprint density at radius 2 is 2.03 bits per heavy atom. The number of amides is 1. The van der Waals surface area contributed by atoms with E-state index in [9.17, 15) is 19.1 Å². The highest BCUT2D eigenvalue weighted by Crippen LogP contribution is 2.30. The Morgan fingerprint density at radius 3 is 2.78 bits per heavy atom. The summed E-state index contributed by atoms with van der Waals surface area (Å²) >= 11 is 1.21. The Kier molecular flexibility index (Phi) is 5.14. The fourth-order valence-electron chi connectivity index (χ4n) is 4.06. The van der Waals surface area contributed by atoms with Crippen LogP contribution in [0.15, 0.2) is 35.3 Å². The Bertz CT molecular complexity index is 1240. The van der Waals surface area contributed by atoms with Crippen LogP contribution in [0.4, 0.5) is 4.39 Å². The number of hydrogen-bond acceptors (Lipinski definition) is 8. The number of halogens is 1. The molecule has 3 aromatic rings. The predicted molar refractivity (Wildman–Crippen MR) is 115 cm³/mol. The Balaban J connectivity index is 1.55. The summed E-state index contributed by atoms with van der Waals surface area (Å²) in [6, 6.07) is 6.08. The van der Waals surface area contributed by atoms with Gasteiger partial charge in [-0.05, 0) is 24.6 Å². The van der Waals surface area contributed by atoms with Crippen molar-refractivity contribution in [1.82, 2.24) is 19.8 Å². The fourth-order valence-corrected chi connectivity index (χ4v) is 4.94. The monoisotopic (exact) mass is 457 g/mol. The van der Waals surface area contributed by atoms with Crippen molar-refractivity contribution in [3.63, 3.8) is 0 Å². The minimum absolute atomic E-state index is 0.0604. The Morgan fingerprint density at radius 1 is 1.25 bits per heavy atom. The lowest BCUT2D eigenvalue weighted by molar-refractivity contribution is 0.00584. The molecule has 1 saturated heterocycles. The maximum atomic E-state index is 13.1. The van der Waals surface area contributed by atoms with E-state index in [1.54, 1.807) is 27.9 Å². The number of carbonyl (C=O) groups is 1. The molecule has 4 heterocycles. The van der Waals surface area contributed by atoms with Gasteiger partial charge in [-0.2, -0.15) is 0 Å². The van der Waals surface area contributed by atoms with Crippen LogP contribution in [0.3, 0.4) is 0 Å². The third-order valence-electron chi connectivity index (χ3n) is 5.65. The first-order chi connectivity index (χ1) is 15.5. The first-order valence-electron chi connectivity index (χ1n) is 10.2. The third-order valence-corrected chi connectivity index (χ3v) is 6.60. The Hall–Kier alpha value is -3.31. The van der Waals surface area contributed by atoms with Crippen molar-refractivity contribution in [1.29, 1.82) is 0 Å². The lowest BCUT2D eigenvalue weighted by Gasteiger charge is -2.48. The molecule has 2 aliphatic heterocycles. The van der Waals surface area contributed by atoms with Gasteiger partial charge in [0.05, 0.1) is 25.3 Å². The second kappa shape index (κ2) is 7.99. The molecule has 0 spiro atoms. The zero-order valence-corrected chi connectivity index (χ0v) is 18.0. The first kappa shape index (κ1) is 20.6. The number of fused-ring (bicyclic) bond motifs is 3. The van der Waals surface area contributed by atoms with E-state index < -0.39 is 17.1 Å². The maximum Gasteiger partial charge on any atom is 0.278 e. The largest absolute Gasteiger partial charge is 0.502 e. The second-order valence-corrected chi connectivity index (χ2v) is 8.59. The zero-order chi connectivity index (χ0) is 22.4. The normalized spacial score (nSPS) is 17.9. The van der Waals surface area contributed by atoms with Crippen molar-refractivity contribution < 1.29 is 19.0 Å². The topological polar surface area (TPSA) is 101 Å². The van der Waals surface area contributed by atoms with Gasteiger partial charge in [0.15, 0.2) is 16.5 Å². The quantitative estimate of drug-likeness (QED) is 0.635. The molecule has 11 heteroatoms. The highest BCUT2D eigenvalue weighted by Gasteiger charge is 2.41. The minimum Gasteiger partial charge on any atom is -0.502 e. The van der Waals surface area contributed by atoms with Crippen molar-refractivity contribution in [2.45, 2.75) is 19.5 Å².